The van der Waals surface area contributed by atoms with Crippen LogP contribution in [0.2, 0.25) is 0 Å². The molecule has 0 spiro atoms. The number of carbonyl (C=O) groups excluding carboxylic acids is 2. The van der Waals surface area contributed by atoms with E-state index in [1.165, 1.54) is 19.2 Å². The van der Waals surface area contributed by atoms with Crippen molar-refractivity contribution >= 4 is 39.5 Å². The van der Waals surface area contributed by atoms with Crippen molar-refractivity contribution in [3.05, 3.63) is 93.5 Å². The van der Waals surface area contributed by atoms with Crippen molar-refractivity contribution in [2.45, 2.75) is 6.61 Å². The average Bonchev–Trinajstić information content (AvgIpc) is 2.78. The van der Waals surface area contributed by atoms with Crippen molar-refractivity contribution in [3.8, 4) is 5.75 Å². The Hall–Kier alpha value is -3.65. The lowest BCUT2D eigenvalue weighted by Crippen LogP contribution is -2.14. The summed E-state index contributed by atoms with van der Waals surface area (Å²) in [4.78, 5) is 35.3. The number of hydrogen-bond acceptors (Lipinski definition) is 5. The monoisotopic (exact) mass is 483 g/mol. The summed E-state index contributed by atoms with van der Waals surface area (Å²) in [6.07, 6.45) is 0. The van der Waals surface area contributed by atoms with Crippen molar-refractivity contribution in [2.24, 2.45) is 0 Å². The van der Waals surface area contributed by atoms with Gasteiger partial charge in [-0.1, -0.05) is 28.1 Å². The van der Waals surface area contributed by atoms with E-state index in [0.29, 0.717) is 21.3 Å². The van der Waals surface area contributed by atoms with Gasteiger partial charge < -0.3 is 19.9 Å². The zero-order chi connectivity index (χ0) is 22.4. The molecule has 0 aliphatic heterocycles. The van der Waals surface area contributed by atoms with Crippen LogP contribution in [0.25, 0.3) is 0 Å². The maximum absolute atomic E-state index is 12.5. The molecule has 8 heteroatoms. The highest BCUT2D eigenvalue weighted by atomic mass is 79.9. The van der Waals surface area contributed by atoms with Gasteiger partial charge in [-0.15, -0.1) is 0 Å². The molecular formula is C23H18BrNO6. The van der Waals surface area contributed by atoms with Gasteiger partial charge >= 0.3 is 11.9 Å². The molecule has 0 atom stereocenters. The van der Waals surface area contributed by atoms with E-state index >= 15 is 0 Å². The smallest absolute Gasteiger partial charge is 0.337 e. The maximum Gasteiger partial charge on any atom is 0.337 e. The molecule has 0 radical (unpaired) electrons. The van der Waals surface area contributed by atoms with Gasteiger partial charge in [-0.2, -0.15) is 0 Å². The van der Waals surface area contributed by atoms with Gasteiger partial charge in [-0.3, -0.25) is 4.79 Å². The number of aromatic carboxylic acids is 1. The summed E-state index contributed by atoms with van der Waals surface area (Å²) in [7, 11) is 1.33. The minimum absolute atomic E-state index is 0.0131. The van der Waals surface area contributed by atoms with Gasteiger partial charge in [0, 0.05) is 10.0 Å². The van der Waals surface area contributed by atoms with E-state index in [1.807, 2.05) is 0 Å². The van der Waals surface area contributed by atoms with Gasteiger partial charge in [0.25, 0.3) is 5.91 Å². The summed E-state index contributed by atoms with van der Waals surface area (Å²) in [6.45, 7) is 0.286. The molecule has 0 aliphatic rings. The molecule has 3 aromatic carbocycles. The minimum Gasteiger partial charge on any atom is -0.489 e. The molecular weight excluding hydrogens is 466 g/mol. The molecule has 0 aromatic heterocycles. The lowest BCUT2D eigenvalue weighted by Gasteiger charge is -2.10. The number of methoxy groups -OCH3 is 1. The van der Waals surface area contributed by atoms with Gasteiger partial charge in [0.2, 0.25) is 0 Å². The molecule has 0 fully saturated rings. The normalized spacial score (nSPS) is 10.3. The van der Waals surface area contributed by atoms with E-state index < -0.39 is 17.8 Å². The Kier molecular flexibility index (Phi) is 7.04. The minimum atomic E-state index is -1.14. The van der Waals surface area contributed by atoms with Gasteiger partial charge in [0.15, 0.2) is 0 Å². The number of nitrogens with one attached hydrogen (secondary N) is 1. The molecule has 3 rings (SSSR count). The van der Waals surface area contributed by atoms with Crippen LogP contribution in [0.4, 0.5) is 5.69 Å². The van der Waals surface area contributed by atoms with Crippen LogP contribution in [0.15, 0.2) is 71.2 Å². The van der Waals surface area contributed by atoms with Crippen LogP contribution in [0, 0.1) is 0 Å². The largest absolute Gasteiger partial charge is 0.489 e. The summed E-state index contributed by atoms with van der Waals surface area (Å²) in [5, 5.41) is 11.9. The van der Waals surface area contributed by atoms with Crippen molar-refractivity contribution in [1.82, 2.24) is 0 Å². The molecule has 0 heterocycles. The van der Waals surface area contributed by atoms with E-state index in [0.717, 1.165) is 5.56 Å². The first-order chi connectivity index (χ1) is 14.9. The number of anilines is 1. The molecule has 0 aliphatic carbocycles. The fourth-order valence-electron chi connectivity index (χ4n) is 2.72. The maximum atomic E-state index is 12.5. The van der Waals surface area contributed by atoms with Crippen LogP contribution < -0.4 is 10.1 Å². The quantitative estimate of drug-likeness (QED) is 0.469. The molecule has 2 N–H and O–H groups in total. The Bertz CT molecular complexity index is 1110. The third kappa shape index (κ3) is 5.70. The predicted octanol–water partition coefficient (Wildman–Crippen LogP) is 4.77. The number of benzene rings is 3. The van der Waals surface area contributed by atoms with Crippen molar-refractivity contribution in [3.63, 3.8) is 0 Å². The SMILES string of the molecule is COC(=O)c1ccc(COc2ccc(C(=O)Nc3ccc(Br)cc3C(=O)O)cc2)cc1. The standard InChI is InChI=1S/C23H18BrNO6/c1-30-23(29)16-4-2-14(3-5-16)13-31-18-9-6-15(7-10-18)21(26)25-20-11-8-17(24)12-19(20)22(27)28/h2-12H,13H2,1H3,(H,25,26)(H,27,28). The van der Waals surface area contributed by atoms with Crippen LogP contribution in [-0.2, 0) is 11.3 Å². The van der Waals surface area contributed by atoms with E-state index in [9.17, 15) is 19.5 Å². The van der Waals surface area contributed by atoms with Crippen LogP contribution >= 0.6 is 15.9 Å². The lowest BCUT2D eigenvalue weighted by atomic mass is 10.1. The molecule has 1 amide bonds. The van der Waals surface area contributed by atoms with Crippen LogP contribution in [0.5, 0.6) is 5.75 Å². The number of halogens is 1. The highest BCUT2D eigenvalue weighted by Gasteiger charge is 2.14. The zero-order valence-electron chi connectivity index (χ0n) is 16.4. The van der Waals surface area contributed by atoms with Crippen LogP contribution in [0.1, 0.15) is 36.6 Å². The highest BCUT2D eigenvalue weighted by Crippen LogP contribution is 2.22. The summed E-state index contributed by atoms with van der Waals surface area (Å²) in [5.41, 5.74) is 1.87. The van der Waals surface area contributed by atoms with Gasteiger partial charge in [-0.25, -0.2) is 9.59 Å². The van der Waals surface area contributed by atoms with E-state index in [2.05, 4.69) is 26.0 Å². The molecule has 158 valence electrons. The second-order valence-corrected chi connectivity index (χ2v) is 7.37. The highest BCUT2D eigenvalue weighted by molar-refractivity contribution is 9.10. The number of carboxylic acid groups (broad SMARTS) is 1. The third-order valence-corrected chi connectivity index (χ3v) is 4.85. The third-order valence-electron chi connectivity index (χ3n) is 4.36. The fraction of sp³-hybridized carbons (Fsp3) is 0.0870. The van der Waals surface area contributed by atoms with E-state index in [1.54, 1.807) is 54.6 Å². The first kappa shape index (κ1) is 22.0. The first-order valence-corrected chi connectivity index (χ1v) is 9.91. The van der Waals surface area contributed by atoms with Crippen molar-refractivity contribution in [1.29, 1.82) is 0 Å². The van der Waals surface area contributed by atoms with Crippen LogP contribution in [-0.4, -0.2) is 30.1 Å². The van der Waals surface area contributed by atoms with E-state index in [-0.39, 0.29) is 17.9 Å². The predicted molar refractivity (Wildman–Crippen MR) is 118 cm³/mol. The van der Waals surface area contributed by atoms with Gasteiger partial charge in [0.05, 0.1) is 23.9 Å². The molecule has 3 aromatic rings. The molecule has 0 saturated heterocycles. The molecule has 0 unspecified atom stereocenters. The molecule has 0 saturated carbocycles. The van der Waals surface area contributed by atoms with Crippen LogP contribution in [0.3, 0.4) is 0 Å². The first-order valence-electron chi connectivity index (χ1n) is 9.11. The number of carbonyl (C=O) groups is 3. The number of amides is 1. The van der Waals surface area contributed by atoms with Gasteiger partial charge in [0.1, 0.15) is 12.4 Å². The number of carboxylic acids is 1. The second-order valence-electron chi connectivity index (χ2n) is 6.45. The van der Waals surface area contributed by atoms with Crippen molar-refractivity contribution in [2.75, 3.05) is 12.4 Å². The number of ether oxygens (including phenoxy) is 2. The Morgan fingerprint density at radius 3 is 2.19 bits per heavy atom. The Morgan fingerprint density at radius 2 is 1.58 bits per heavy atom. The number of hydrogen-bond donors (Lipinski definition) is 2. The summed E-state index contributed by atoms with van der Waals surface area (Å²) in [5.74, 6) is -1.42. The van der Waals surface area contributed by atoms with E-state index in [4.69, 9.17) is 4.74 Å². The number of esters is 1. The molecule has 31 heavy (non-hydrogen) atoms. The summed E-state index contributed by atoms with van der Waals surface area (Å²) in [6, 6.07) is 17.9. The number of rotatable bonds is 7. The topological polar surface area (TPSA) is 102 Å². The Morgan fingerprint density at radius 1 is 0.935 bits per heavy atom. The Balaban J connectivity index is 1.62. The van der Waals surface area contributed by atoms with Crippen molar-refractivity contribution < 1.29 is 29.0 Å². The molecule has 0 bridgehead atoms. The average molecular weight is 484 g/mol. The lowest BCUT2D eigenvalue weighted by molar-refractivity contribution is 0.0599. The zero-order valence-corrected chi connectivity index (χ0v) is 18.0. The summed E-state index contributed by atoms with van der Waals surface area (Å²) < 4.78 is 11.0. The second kappa shape index (κ2) is 9.90. The van der Waals surface area contributed by atoms with Gasteiger partial charge in [-0.05, 0) is 60.2 Å². The summed E-state index contributed by atoms with van der Waals surface area (Å²) >= 11 is 3.22. The Labute approximate surface area is 186 Å². The fourth-order valence-corrected chi connectivity index (χ4v) is 3.08. The molecule has 7 nitrogen and oxygen atoms in total.